The number of allylic oxidation sites excluding steroid dienone is 2. The monoisotopic (exact) mass is 516 g/mol. The highest BCUT2D eigenvalue weighted by Gasteiger charge is 2.70. The van der Waals surface area contributed by atoms with Gasteiger partial charge in [0.25, 0.3) is 0 Å². The van der Waals surface area contributed by atoms with Crippen LogP contribution in [-0.2, 0) is 14.4 Å². The summed E-state index contributed by atoms with van der Waals surface area (Å²) in [6.07, 6.45) is 4.31. The molecule has 206 valence electrons. The average molecular weight is 517 g/mol. The Morgan fingerprint density at radius 3 is 2.41 bits per heavy atom. The third kappa shape index (κ3) is 3.75. The molecular weight excluding hydrogens is 472 g/mol. The predicted octanol–water partition coefficient (Wildman–Crippen LogP) is 3.99. The molecule has 4 aliphatic rings. The van der Waals surface area contributed by atoms with E-state index in [2.05, 4.69) is 6.92 Å². The summed E-state index contributed by atoms with van der Waals surface area (Å²) < 4.78 is 0. The van der Waals surface area contributed by atoms with Crippen molar-refractivity contribution < 1.29 is 34.8 Å². The molecule has 0 bridgehead atoms. The Bertz CT molecular complexity index is 1090. The maximum atomic E-state index is 14.1. The Kier molecular flexibility index (Phi) is 6.74. The molecule has 2 saturated carbocycles. The van der Waals surface area contributed by atoms with Crippen LogP contribution in [0, 0.1) is 33.5 Å². The van der Waals surface area contributed by atoms with Crippen molar-refractivity contribution in [2.75, 3.05) is 6.61 Å². The second-order valence-corrected chi connectivity index (χ2v) is 13.5. The van der Waals surface area contributed by atoms with E-state index in [1.165, 1.54) is 6.92 Å². The van der Waals surface area contributed by atoms with Crippen molar-refractivity contribution in [1.29, 1.82) is 0 Å². The number of fused-ring (bicyclic) bond motifs is 4. The van der Waals surface area contributed by atoms with Gasteiger partial charge in [-0.15, -0.1) is 0 Å². The highest BCUT2D eigenvalue weighted by molar-refractivity contribution is 6.00. The largest absolute Gasteiger partial charge is 0.478 e. The van der Waals surface area contributed by atoms with Gasteiger partial charge in [-0.05, 0) is 69.6 Å². The number of carbonyl (C=O) groups excluding carboxylic acids is 2. The second-order valence-electron chi connectivity index (χ2n) is 13.5. The highest BCUT2D eigenvalue weighted by Crippen LogP contribution is 2.71. The lowest BCUT2D eigenvalue weighted by Crippen LogP contribution is -2.59. The van der Waals surface area contributed by atoms with Gasteiger partial charge < -0.3 is 20.4 Å². The van der Waals surface area contributed by atoms with Crippen LogP contribution < -0.4 is 0 Å². The van der Waals surface area contributed by atoms with Crippen LogP contribution in [0.25, 0.3) is 0 Å². The molecule has 8 atom stereocenters. The van der Waals surface area contributed by atoms with Gasteiger partial charge in [-0.2, -0.15) is 0 Å². The zero-order valence-electron chi connectivity index (χ0n) is 23.2. The lowest BCUT2D eigenvalue weighted by Gasteiger charge is -2.60. The summed E-state index contributed by atoms with van der Waals surface area (Å²) in [5, 5.41) is 42.7. The van der Waals surface area contributed by atoms with Crippen LogP contribution in [0.5, 0.6) is 0 Å². The van der Waals surface area contributed by atoms with E-state index in [4.69, 9.17) is 5.11 Å². The number of carboxylic acids is 1. The van der Waals surface area contributed by atoms with E-state index in [1.807, 2.05) is 20.8 Å². The number of carboxylic acid groups (broad SMARTS) is 1. The van der Waals surface area contributed by atoms with E-state index in [1.54, 1.807) is 13.0 Å². The topological polar surface area (TPSA) is 132 Å². The molecule has 0 radical (unpaired) electrons. The van der Waals surface area contributed by atoms with Gasteiger partial charge in [0.1, 0.15) is 5.78 Å². The number of aliphatic hydroxyl groups excluding tert-OH is 2. The van der Waals surface area contributed by atoms with E-state index >= 15 is 0 Å². The zero-order chi connectivity index (χ0) is 27.8. The number of rotatable bonds is 6. The molecule has 4 aliphatic carbocycles. The van der Waals surface area contributed by atoms with E-state index < -0.39 is 39.3 Å². The number of hydrogen-bond acceptors (Lipinski definition) is 6. The van der Waals surface area contributed by atoms with Crippen LogP contribution in [0.3, 0.4) is 0 Å². The first-order chi connectivity index (χ1) is 17.0. The van der Waals surface area contributed by atoms with Crippen molar-refractivity contribution in [3.63, 3.8) is 0 Å². The molecule has 0 amide bonds. The zero-order valence-corrected chi connectivity index (χ0v) is 23.2. The summed E-state index contributed by atoms with van der Waals surface area (Å²) >= 11 is 0. The van der Waals surface area contributed by atoms with Gasteiger partial charge >= 0.3 is 5.97 Å². The summed E-state index contributed by atoms with van der Waals surface area (Å²) in [5.41, 5.74) is -2.03. The molecule has 0 saturated heterocycles. The third-order valence-corrected chi connectivity index (χ3v) is 11.6. The van der Waals surface area contributed by atoms with Gasteiger partial charge in [0, 0.05) is 34.8 Å². The molecule has 37 heavy (non-hydrogen) atoms. The fourth-order valence-corrected chi connectivity index (χ4v) is 9.15. The SMILES string of the molecule is CC(=CCCC(C)(O)[C@H]1C[C@H](O)[C@@]2(C)C3=C(C(=O)C[C@]12C)[C@@]1(C)CCC(=O)C(C)(CO)[C@@H]1CC3)C(=O)O. The number of ketones is 2. The Labute approximate surface area is 220 Å². The summed E-state index contributed by atoms with van der Waals surface area (Å²) in [7, 11) is 0. The van der Waals surface area contributed by atoms with Gasteiger partial charge in [0.05, 0.1) is 23.7 Å². The maximum Gasteiger partial charge on any atom is 0.330 e. The minimum atomic E-state index is -1.20. The molecule has 0 spiro atoms. The van der Waals surface area contributed by atoms with E-state index in [0.29, 0.717) is 44.9 Å². The molecule has 2 unspecified atom stereocenters. The van der Waals surface area contributed by atoms with Gasteiger partial charge in [0.2, 0.25) is 0 Å². The highest BCUT2D eigenvalue weighted by atomic mass is 16.4. The summed E-state index contributed by atoms with van der Waals surface area (Å²) in [4.78, 5) is 38.1. The van der Waals surface area contributed by atoms with E-state index in [9.17, 15) is 29.7 Å². The maximum absolute atomic E-state index is 14.1. The lowest BCUT2D eigenvalue weighted by atomic mass is 9.42. The molecule has 2 fully saturated rings. The van der Waals surface area contributed by atoms with Crippen LogP contribution in [0.15, 0.2) is 22.8 Å². The number of aliphatic hydroxyl groups is 3. The van der Waals surface area contributed by atoms with Crippen LogP contribution in [0.2, 0.25) is 0 Å². The fourth-order valence-electron chi connectivity index (χ4n) is 9.15. The van der Waals surface area contributed by atoms with Crippen molar-refractivity contribution in [3.05, 3.63) is 22.8 Å². The molecule has 4 N–H and O–H groups in total. The Balaban J connectivity index is 1.75. The van der Waals surface area contributed by atoms with Gasteiger partial charge in [-0.3, -0.25) is 9.59 Å². The molecule has 7 heteroatoms. The van der Waals surface area contributed by atoms with Gasteiger partial charge in [-0.1, -0.05) is 39.3 Å². The number of aliphatic carboxylic acids is 1. The molecule has 0 aliphatic heterocycles. The van der Waals surface area contributed by atoms with Crippen LogP contribution >= 0.6 is 0 Å². The molecule has 0 heterocycles. The molecule has 0 aromatic rings. The summed E-state index contributed by atoms with van der Waals surface area (Å²) in [6, 6.07) is 0. The van der Waals surface area contributed by atoms with Gasteiger partial charge in [0.15, 0.2) is 5.78 Å². The van der Waals surface area contributed by atoms with E-state index in [-0.39, 0.29) is 42.0 Å². The molecular formula is C30H44O7. The lowest BCUT2D eigenvalue weighted by molar-refractivity contribution is -0.149. The fraction of sp³-hybridized carbons (Fsp3) is 0.767. The van der Waals surface area contributed by atoms with Crippen molar-refractivity contribution in [3.8, 4) is 0 Å². The molecule has 0 aromatic carbocycles. The smallest absolute Gasteiger partial charge is 0.330 e. The predicted molar refractivity (Wildman–Crippen MR) is 138 cm³/mol. The van der Waals surface area contributed by atoms with Gasteiger partial charge in [-0.25, -0.2) is 4.79 Å². The second kappa shape index (κ2) is 8.85. The summed E-state index contributed by atoms with van der Waals surface area (Å²) in [6.45, 7) is 11.0. The van der Waals surface area contributed by atoms with Crippen LogP contribution in [0.4, 0.5) is 0 Å². The number of carbonyl (C=O) groups is 3. The van der Waals surface area contributed by atoms with Crippen LogP contribution in [0.1, 0.15) is 92.9 Å². The van der Waals surface area contributed by atoms with E-state index in [0.717, 1.165) is 11.1 Å². The molecule has 0 aromatic heterocycles. The number of hydrogen-bond donors (Lipinski definition) is 4. The minimum absolute atomic E-state index is 0.0355. The quantitative estimate of drug-likeness (QED) is 0.393. The van der Waals surface area contributed by atoms with Crippen molar-refractivity contribution in [2.24, 2.45) is 33.5 Å². The van der Waals surface area contributed by atoms with Crippen molar-refractivity contribution in [2.45, 2.75) is 105 Å². The Morgan fingerprint density at radius 2 is 1.81 bits per heavy atom. The normalized spacial score (nSPS) is 43.7. The third-order valence-electron chi connectivity index (χ3n) is 11.6. The molecule has 7 nitrogen and oxygen atoms in total. The average Bonchev–Trinajstić information content (AvgIpc) is 3.03. The Hall–Kier alpha value is -1.83. The Morgan fingerprint density at radius 1 is 1.16 bits per heavy atom. The number of Topliss-reactive ketones (excluding diaryl/α,β-unsaturated/α-hetero) is 2. The van der Waals surface area contributed by atoms with Crippen molar-refractivity contribution >= 4 is 17.5 Å². The minimum Gasteiger partial charge on any atom is -0.478 e. The standard InChI is InChI=1S/C30H44O7/c1-17(25(35)36)8-7-12-29(5,37)21-14-23(34)30(6)18-9-10-20-26(2,13-11-22(33)27(20,3)16-31)24(18)19(32)15-28(21,30)4/h8,20-21,23,31,34,37H,7,9-16H2,1-6H3,(H,35,36)/t20-,21+,23+,26+,27?,28-,29?,30-/m1/s1. The summed E-state index contributed by atoms with van der Waals surface area (Å²) in [5.74, 6) is -1.38. The van der Waals surface area contributed by atoms with Crippen LogP contribution in [-0.4, -0.2) is 56.3 Å². The molecule has 4 rings (SSSR count). The first kappa shape index (κ1) is 28.2. The van der Waals surface area contributed by atoms with Crippen molar-refractivity contribution in [1.82, 2.24) is 0 Å². The first-order valence-corrected chi connectivity index (χ1v) is 13.7. The first-order valence-electron chi connectivity index (χ1n) is 13.7.